The van der Waals surface area contributed by atoms with Crippen molar-refractivity contribution in [2.45, 2.75) is 31.6 Å². The second-order valence-electron chi connectivity index (χ2n) is 6.12. The van der Waals surface area contributed by atoms with Gasteiger partial charge in [0.15, 0.2) is 0 Å². The van der Waals surface area contributed by atoms with Crippen LogP contribution < -0.4 is 5.69 Å². The number of fused-ring (bicyclic) bond motifs is 1. The lowest BCUT2D eigenvalue weighted by Crippen LogP contribution is -2.19. The van der Waals surface area contributed by atoms with Gasteiger partial charge in [-0.05, 0) is 36.0 Å². The van der Waals surface area contributed by atoms with Crippen LogP contribution in [0.15, 0.2) is 23.0 Å². The predicted molar refractivity (Wildman–Crippen MR) is 83.3 cm³/mol. The van der Waals surface area contributed by atoms with Crippen LogP contribution >= 0.6 is 11.6 Å². The molecule has 3 nitrogen and oxygen atoms in total. The van der Waals surface area contributed by atoms with Crippen molar-refractivity contribution in [3.05, 3.63) is 34.2 Å². The first-order valence-electron chi connectivity index (χ1n) is 7.30. The fraction of sp³-hybridized carbons (Fsp3) is 0.562. The van der Waals surface area contributed by atoms with Gasteiger partial charge in [-0.1, -0.05) is 25.8 Å². The number of hydrogen-bond acceptors (Lipinski definition) is 1. The number of aromatic nitrogens is 2. The second kappa shape index (κ2) is 4.96. The number of hydrogen-bond donors (Lipinski definition) is 0. The second-order valence-corrected chi connectivity index (χ2v) is 6.59. The maximum atomic E-state index is 12.0. The molecule has 3 rings (SSSR count). The van der Waals surface area contributed by atoms with E-state index in [9.17, 15) is 4.79 Å². The molecule has 108 valence electrons. The van der Waals surface area contributed by atoms with E-state index in [2.05, 4.69) is 19.1 Å². The van der Waals surface area contributed by atoms with Crippen LogP contribution in [-0.2, 0) is 14.1 Å². The van der Waals surface area contributed by atoms with Gasteiger partial charge >= 0.3 is 5.69 Å². The average Bonchev–Trinajstić information content (AvgIpc) is 2.97. The number of halogens is 1. The molecule has 1 saturated carbocycles. The van der Waals surface area contributed by atoms with E-state index in [-0.39, 0.29) is 11.1 Å². The van der Waals surface area contributed by atoms with Crippen LogP contribution in [0, 0.1) is 11.8 Å². The zero-order chi connectivity index (χ0) is 14.4. The lowest BCUT2D eigenvalue weighted by molar-refractivity contribution is 0.406. The Kier molecular flexibility index (Phi) is 3.41. The Morgan fingerprint density at radius 2 is 1.90 bits per heavy atom. The van der Waals surface area contributed by atoms with E-state index in [4.69, 9.17) is 11.6 Å². The van der Waals surface area contributed by atoms with Crippen LogP contribution in [0.5, 0.6) is 0 Å². The van der Waals surface area contributed by atoms with Crippen molar-refractivity contribution in [1.29, 1.82) is 0 Å². The summed E-state index contributed by atoms with van der Waals surface area (Å²) in [6.45, 7) is 2.30. The molecule has 1 fully saturated rings. The third-order valence-electron chi connectivity index (χ3n) is 4.92. The number of imidazole rings is 1. The average molecular weight is 293 g/mol. The van der Waals surface area contributed by atoms with Crippen molar-refractivity contribution in [1.82, 2.24) is 9.13 Å². The Morgan fingerprint density at radius 3 is 2.55 bits per heavy atom. The standard InChI is InChI=1S/C16H21ClN2O/c1-10-5-4-6-12(10)15(17)11-7-8-13-14(9-11)19(3)16(20)18(13)2/h7-10,12,15H,4-6H2,1-3H3. The molecule has 0 amide bonds. The van der Waals surface area contributed by atoms with Gasteiger partial charge in [-0.15, -0.1) is 11.6 Å². The molecule has 1 aliphatic carbocycles. The normalized spacial score (nSPS) is 24.4. The van der Waals surface area contributed by atoms with Crippen molar-refractivity contribution in [3.63, 3.8) is 0 Å². The highest BCUT2D eigenvalue weighted by molar-refractivity contribution is 6.21. The summed E-state index contributed by atoms with van der Waals surface area (Å²) in [5.74, 6) is 1.24. The van der Waals surface area contributed by atoms with Crippen LogP contribution in [0.25, 0.3) is 11.0 Å². The first-order valence-corrected chi connectivity index (χ1v) is 7.73. The Morgan fingerprint density at radius 1 is 1.20 bits per heavy atom. The minimum absolute atomic E-state index is 0.0116. The van der Waals surface area contributed by atoms with Gasteiger partial charge in [0, 0.05) is 14.1 Å². The van der Waals surface area contributed by atoms with Gasteiger partial charge in [-0.3, -0.25) is 9.13 Å². The van der Waals surface area contributed by atoms with E-state index in [1.807, 2.05) is 20.2 Å². The molecule has 0 radical (unpaired) electrons. The van der Waals surface area contributed by atoms with Gasteiger partial charge in [0.25, 0.3) is 0 Å². The zero-order valence-corrected chi connectivity index (χ0v) is 13.0. The summed E-state index contributed by atoms with van der Waals surface area (Å²) in [5, 5.41) is 0.0483. The molecule has 0 saturated heterocycles. The zero-order valence-electron chi connectivity index (χ0n) is 12.3. The third-order valence-corrected chi connectivity index (χ3v) is 5.49. The highest BCUT2D eigenvalue weighted by Gasteiger charge is 2.30. The first-order chi connectivity index (χ1) is 9.50. The molecule has 0 N–H and O–H groups in total. The number of aryl methyl sites for hydroxylation is 2. The van der Waals surface area contributed by atoms with Gasteiger partial charge in [0.05, 0.1) is 16.4 Å². The van der Waals surface area contributed by atoms with E-state index >= 15 is 0 Å². The van der Waals surface area contributed by atoms with Crippen LogP contribution in [0.2, 0.25) is 0 Å². The topological polar surface area (TPSA) is 26.9 Å². The maximum Gasteiger partial charge on any atom is 0.328 e. The minimum atomic E-state index is 0.0116. The molecule has 1 aromatic carbocycles. The SMILES string of the molecule is CC1CCCC1C(Cl)c1ccc2c(c1)n(C)c(=O)n2C. The van der Waals surface area contributed by atoms with Crippen LogP contribution in [0.3, 0.4) is 0 Å². The molecular formula is C16H21ClN2O. The monoisotopic (exact) mass is 292 g/mol. The number of alkyl halides is 1. The van der Waals surface area contributed by atoms with Crippen molar-refractivity contribution in [2.24, 2.45) is 25.9 Å². The molecule has 4 heteroatoms. The van der Waals surface area contributed by atoms with Crippen molar-refractivity contribution in [3.8, 4) is 0 Å². The summed E-state index contributed by atoms with van der Waals surface area (Å²) in [7, 11) is 3.62. The van der Waals surface area contributed by atoms with E-state index in [1.165, 1.54) is 19.3 Å². The van der Waals surface area contributed by atoms with Gasteiger partial charge in [-0.2, -0.15) is 0 Å². The Balaban J connectivity index is 2.05. The fourth-order valence-electron chi connectivity index (χ4n) is 3.55. The van der Waals surface area contributed by atoms with Gasteiger partial charge in [0.2, 0.25) is 0 Å². The highest BCUT2D eigenvalue weighted by Crippen LogP contribution is 2.43. The summed E-state index contributed by atoms with van der Waals surface area (Å²) < 4.78 is 3.38. The van der Waals surface area contributed by atoms with E-state index in [1.54, 1.807) is 9.13 Å². The van der Waals surface area contributed by atoms with Gasteiger partial charge in [0.1, 0.15) is 0 Å². The summed E-state index contributed by atoms with van der Waals surface area (Å²) in [4.78, 5) is 12.0. The lowest BCUT2D eigenvalue weighted by atomic mass is 9.90. The summed E-state index contributed by atoms with van der Waals surface area (Å²) in [6, 6.07) is 6.17. The molecule has 3 unspecified atom stereocenters. The molecule has 0 bridgehead atoms. The highest BCUT2D eigenvalue weighted by atomic mass is 35.5. The van der Waals surface area contributed by atoms with Crippen LogP contribution in [0.1, 0.15) is 37.1 Å². The van der Waals surface area contributed by atoms with Crippen LogP contribution in [0.4, 0.5) is 0 Å². The van der Waals surface area contributed by atoms with Gasteiger partial charge in [-0.25, -0.2) is 4.79 Å². The molecule has 1 aliphatic rings. The number of benzene rings is 1. The Labute approximate surface area is 124 Å². The van der Waals surface area contributed by atoms with E-state index < -0.39 is 0 Å². The van der Waals surface area contributed by atoms with Gasteiger partial charge < -0.3 is 0 Å². The number of rotatable bonds is 2. The summed E-state index contributed by atoms with van der Waals surface area (Å²) >= 11 is 6.71. The smallest absolute Gasteiger partial charge is 0.295 e. The first kappa shape index (κ1) is 13.7. The van der Waals surface area contributed by atoms with Crippen LogP contribution in [-0.4, -0.2) is 9.13 Å². The Bertz CT molecular complexity index is 700. The fourth-order valence-corrected chi connectivity index (χ4v) is 4.06. The van der Waals surface area contributed by atoms with Crippen molar-refractivity contribution >= 4 is 22.6 Å². The minimum Gasteiger partial charge on any atom is -0.295 e. The lowest BCUT2D eigenvalue weighted by Gasteiger charge is -2.22. The summed E-state index contributed by atoms with van der Waals surface area (Å²) in [6.07, 6.45) is 3.77. The van der Waals surface area contributed by atoms with Crippen molar-refractivity contribution < 1.29 is 0 Å². The molecule has 20 heavy (non-hydrogen) atoms. The van der Waals surface area contributed by atoms with Crippen molar-refractivity contribution in [2.75, 3.05) is 0 Å². The molecular weight excluding hydrogens is 272 g/mol. The van der Waals surface area contributed by atoms with E-state index in [0.29, 0.717) is 11.8 Å². The molecule has 1 heterocycles. The predicted octanol–water partition coefficient (Wildman–Crippen LogP) is 3.59. The quantitative estimate of drug-likeness (QED) is 0.777. The molecule has 2 aromatic rings. The maximum absolute atomic E-state index is 12.0. The molecule has 1 aromatic heterocycles. The number of nitrogens with zero attached hydrogens (tertiary/aromatic N) is 2. The molecule has 0 spiro atoms. The molecule has 0 aliphatic heterocycles. The van der Waals surface area contributed by atoms with E-state index in [0.717, 1.165) is 16.6 Å². The summed E-state index contributed by atoms with van der Waals surface area (Å²) in [5.41, 5.74) is 3.08. The Hall–Kier alpha value is -1.22. The molecule has 3 atom stereocenters. The third kappa shape index (κ3) is 1.99. The largest absolute Gasteiger partial charge is 0.328 e.